The van der Waals surface area contributed by atoms with Gasteiger partial charge in [-0.3, -0.25) is 4.79 Å². The molecule has 1 amide bonds. The van der Waals surface area contributed by atoms with E-state index in [-0.39, 0.29) is 23.7 Å². The third-order valence-corrected chi connectivity index (χ3v) is 6.86. The molecule has 5 rings (SSSR count). The molecule has 2 aromatic heterocycles. The lowest BCUT2D eigenvalue weighted by atomic mass is 9.80. The van der Waals surface area contributed by atoms with E-state index in [1.165, 1.54) is 5.56 Å². The number of amides is 1. The van der Waals surface area contributed by atoms with Crippen molar-refractivity contribution in [2.75, 3.05) is 19.7 Å². The Hall–Kier alpha value is -2.41. The van der Waals surface area contributed by atoms with Crippen molar-refractivity contribution in [3.63, 3.8) is 0 Å². The van der Waals surface area contributed by atoms with Crippen molar-refractivity contribution >= 4 is 23.2 Å². The first kappa shape index (κ1) is 21.4. The standard InChI is InChI=1S/C25H28ClN3O3/c1-2-31-20-14-22(18-6-4-3-5-7-18)32-25(15-20)10-12-28(13-11-25)24(30)21-17-29-16-19(26)8-9-23(29)27-21/h3-9,16-17,20,22H,2,10-15H2,1H3. The van der Waals surface area contributed by atoms with Crippen LogP contribution in [0.1, 0.15) is 54.8 Å². The minimum atomic E-state index is -0.262. The number of imidazole rings is 1. The molecule has 32 heavy (non-hydrogen) atoms. The predicted octanol–water partition coefficient (Wildman–Crippen LogP) is 4.92. The summed E-state index contributed by atoms with van der Waals surface area (Å²) in [7, 11) is 0. The zero-order valence-corrected chi connectivity index (χ0v) is 19.0. The maximum atomic E-state index is 13.1. The summed E-state index contributed by atoms with van der Waals surface area (Å²) in [6.07, 6.45) is 7.04. The fourth-order valence-corrected chi connectivity index (χ4v) is 5.21. The third kappa shape index (κ3) is 4.27. The van der Waals surface area contributed by atoms with Crippen molar-refractivity contribution in [2.24, 2.45) is 0 Å². The van der Waals surface area contributed by atoms with E-state index in [0.29, 0.717) is 36.1 Å². The minimum Gasteiger partial charge on any atom is -0.378 e. The summed E-state index contributed by atoms with van der Waals surface area (Å²) in [5, 5.41) is 0.611. The minimum absolute atomic E-state index is 0.0203. The van der Waals surface area contributed by atoms with E-state index in [4.69, 9.17) is 21.1 Å². The highest BCUT2D eigenvalue weighted by atomic mass is 35.5. The molecule has 0 radical (unpaired) electrons. The summed E-state index contributed by atoms with van der Waals surface area (Å²) in [6.45, 7) is 4.04. The molecular weight excluding hydrogens is 426 g/mol. The molecule has 2 atom stereocenters. The van der Waals surface area contributed by atoms with Crippen LogP contribution in [0.2, 0.25) is 5.02 Å². The van der Waals surface area contributed by atoms with Gasteiger partial charge in [-0.1, -0.05) is 41.9 Å². The van der Waals surface area contributed by atoms with Crippen LogP contribution in [0.3, 0.4) is 0 Å². The highest BCUT2D eigenvalue weighted by Crippen LogP contribution is 2.44. The van der Waals surface area contributed by atoms with Gasteiger partial charge in [0.05, 0.1) is 22.8 Å². The molecule has 4 heterocycles. The Kier molecular flexibility index (Phi) is 5.93. The van der Waals surface area contributed by atoms with Gasteiger partial charge in [0.1, 0.15) is 11.3 Å². The number of pyridine rings is 1. The van der Waals surface area contributed by atoms with Crippen LogP contribution in [0.25, 0.3) is 5.65 Å². The number of piperidine rings is 1. The molecule has 1 spiro atoms. The molecule has 0 bridgehead atoms. The van der Waals surface area contributed by atoms with Gasteiger partial charge < -0.3 is 18.8 Å². The van der Waals surface area contributed by atoms with Gasteiger partial charge in [0.15, 0.2) is 0 Å². The van der Waals surface area contributed by atoms with Crippen LogP contribution in [0.4, 0.5) is 0 Å². The van der Waals surface area contributed by atoms with Gasteiger partial charge >= 0.3 is 0 Å². The number of fused-ring (bicyclic) bond motifs is 1. The van der Waals surface area contributed by atoms with Crippen LogP contribution in [-0.4, -0.2) is 51.6 Å². The second kappa shape index (κ2) is 8.85. The number of benzene rings is 1. The van der Waals surface area contributed by atoms with Crippen molar-refractivity contribution in [2.45, 2.75) is 50.4 Å². The highest BCUT2D eigenvalue weighted by molar-refractivity contribution is 6.30. The van der Waals surface area contributed by atoms with Crippen LogP contribution in [0.15, 0.2) is 54.9 Å². The van der Waals surface area contributed by atoms with E-state index >= 15 is 0 Å². The van der Waals surface area contributed by atoms with Gasteiger partial charge in [0, 0.05) is 44.9 Å². The molecule has 2 saturated heterocycles. The molecule has 168 valence electrons. The number of hydrogen-bond donors (Lipinski definition) is 0. The molecule has 0 aliphatic carbocycles. The summed E-state index contributed by atoms with van der Waals surface area (Å²) in [4.78, 5) is 19.5. The number of carbonyl (C=O) groups excluding carboxylic acids is 1. The second-order valence-corrected chi connectivity index (χ2v) is 9.18. The Morgan fingerprint density at radius 1 is 1.19 bits per heavy atom. The molecule has 7 heteroatoms. The quantitative estimate of drug-likeness (QED) is 0.562. The van der Waals surface area contributed by atoms with Crippen molar-refractivity contribution in [1.82, 2.24) is 14.3 Å². The fourth-order valence-electron chi connectivity index (χ4n) is 5.04. The van der Waals surface area contributed by atoms with Gasteiger partial charge in [0.25, 0.3) is 5.91 Å². The number of ether oxygens (including phenoxy) is 2. The van der Waals surface area contributed by atoms with E-state index in [1.807, 2.05) is 24.0 Å². The molecule has 2 unspecified atom stereocenters. The Morgan fingerprint density at radius 2 is 1.97 bits per heavy atom. The van der Waals surface area contributed by atoms with E-state index in [2.05, 4.69) is 29.2 Å². The van der Waals surface area contributed by atoms with Gasteiger partial charge in [-0.15, -0.1) is 0 Å². The topological polar surface area (TPSA) is 56.1 Å². The lowest BCUT2D eigenvalue weighted by Crippen LogP contribution is -2.52. The Balaban J connectivity index is 1.30. The number of hydrogen-bond acceptors (Lipinski definition) is 4. The lowest BCUT2D eigenvalue weighted by molar-refractivity contribution is -0.190. The number of likely N-dealkylation sites (tertiary alicyclic amines) is 1. The molecule has 2 fully saturated rings. The number of carbonyl (C=O) groups is 1. The predicted molar refractivity (Wildman–Crippen MR) is 123 cm³/mol. The summed E-state index contributed by atoms with van der Waals surface area (Å²) >= 11 is 6.06. The first-order valence-electron chi connectivity index (χ1n) is 11.3. The molecule has 2 aliphatic rings. The molecule has 0 N–H and O–H groups in total. The highest BCUT2D eigenvalue weighted by Gasteiger charge is 2.45. The van der Waals surface area contributed by atoms with Crippen molar-refractivity contribution < 1.29 is 14.3 Å². The molecule has 0 saturated carbocycles. The van der Waals surface area contributed by atoms with E-state index in [0.717, 1.165) is 25.7 Å². The van der Waals surface area contributed by atoms with Crippen LogP contribution in [0.5, 0.6) is 0 Å². The molecule has 6 nitrogen and oxygen atoms in total. The zero-order chi connectivity index (χ0) is 22.1. The van der Waals surface area contributed by atoms with Crippen LogP contribution >= 0.6 is 11.6 Å². The summed E-state index contributed by atoms with van der Waals surface area (Å²) < 4.78 is 14.6. The Morgan fingerprint density at radius 3 is 2.72 bits per heavy atom. The average molecular weight is 454 g/mol. The molecular formula is C25H28ClN3O3. The third-order valence-electron chi connectivity index (χ3n) is 6.64. The molecule has 1 aromatic carbocycles. The van der Waals surface area contributed by atoms with Crippen LogP contribution in [-0.2, 0) is 9.47 Å². The summed E-state index contributed by atoms with van der Waals surface area (Å²) in [6, 6.07) is 14.0. The largest absolute Gasteiger partial charge is 0.378 e. The average Bonchev–Trinajstić information content (AvgIpc) is 3.23. The van der Waals surface area contributed by atoms with Gasteiger partial charge in [0.2, 0.25) is 0 Å². The van der Waals surface area contributed by atoms with E-state index in [1.54, 1.807) is 22.9 Å². The number of halogens is 1. The molecule has 2 aliphatic heterocycles. The van der Waals surface area contributed by atoms with Crippen LogP contribution in [0, 0.1) is 0 Å². The smallest absolute Gasteiger partial charge is 0.274 e. The first-order valence-corrected chi connectivity index (χ1v) is 11.7. The van der Waals surface area contributed by atoms with Gasteiger partial charge in [-0.25, -0.2) is 4.98 Å². The van der Waals surface area contributed by atoms with Crippen molar-refractivity contribution in [3.8, 4) is 0 Å². The second-order valence-electron chi connectivity index (χ2n) is 8.75. The normalized spacial score (nSPS) is 23.0. The summed E-state index contributed by atoms with van der Waals surface area (Å²) in [5.74, 6) is -0.0450. The first-order chi connectivity index (χ1) is 15.5. The van der Waals surface area contributed by atoms with E-state index in [9.17, 15) is 4.79 Å². The van der Waals surface area contributed by atoms with E-state index < -0.39 is 0 Å². The maximum Gasteiger partial charge on any atom is 0.274 e. The lowest BCUT2D eigenvalue weighted by Gasteiger charge is -2.48. The molecule has 3 aromatic rings. The van der Waals surface area contributed by atoms with Crippen LogP contribution < -0.4 is 0 Å². The van der Waals surface area contributed by atoms with Gasteiger partial charge in [-0.05, 0) is 37.5 Å². The number of nitrogens with zero attached hydrogens (tertiary/aromatic N) is 3. The Bertz CT molecular complexity index is 1090. The maximum absolute atomic E-state index is 13.1. The zero-order valence-electron chi connectivity index (χ0n) is 18.2. The van der Waals surface area contributed by atoms with Gasteiger partial charge in [-0.2, -0.15) is 0 Å². The number of aromatic nitrogens is 2. The Labute approximate surface area is 193 Å². The van der Waals surface area contributed by atoms with Crippen molar-refractivity contribution in [3.05, 3.63) is 71.1 Å². The summed E-state index contributed by atoms with van der Waals surface area (Å²) in [5.41, 5.74) is 2.09. The SMILES string of the molecule is CCOC1CC(c2ccccc2)OC2(CCN(C(=O)c3cn4cc(Cl)ccc4n3)CC2)C1. The number of rotatable bonds is 4. The monoisotopic (exact) mass is 453 g/mol. The fraction of sp³-hybridized carbons (Fsp3) is 0.440. The van der Waals surface area contributed by atoms with Crippen molar-refractivity contribution in [1.29, 1.82) is 0 Å².